The zero-order valence-corrected chi connectivity index (χ0v) is 16.6. The van der Waals surface area contributed by atoms with Gasteiger partial charge in [0, 0.05) is 11.3 Å². The number of Topliss-reactive ketones (excluding diaryl/α,β-unsaturated/α-hetero) is 1. The molecule has 0 aromatic heterocycles. The van der Waals surface area contributed by atoms with E-state index < -0.39 is 23.0 Å². The first-order valence-corrected chi connectivity index (χ1v) is 10.4. The van der Waals surface area contributed by atoms with Crippen molar-refractivity contribution >= 4 is 5.78 Å². The van der Waals surface area contributed by atoms with E-state index in [0.29, 0.717) is 30.6 Å². The zero-order valence-electron chi connectivity index (χ0n) is 16.6. The number of hydrogen-bond acceptors (Lipinski definition) is 4. The molecule has 0 radical (unpaired) electrons. The van der Waals surface area contributed by atoms with Crippen molar-refractivity contribution in [3.63, 3.8) is 0 Å². The molecule has 4 saturated carbocycles. The average Bonchev–Trinajstić information content (AvgIpc) is 2.84. The number of carbonyl (C=O) groups is 1. The molecule has 26 heavy (non-hydrogen) atoms. The number of aliphatic hydroxyl groups is 2. The summed E-state index contributed by atoms with van der Waals surface area (Å²) in [5.41, 5.74) is -2.04. The number of rotatable bonds is 0. The predicted octanol–water partition coefficient (Wildman–Crippen LogP) is 3.46. The highest BCUT2D eigenvalue weighted by Gasteiger charge is 2.69. The molecule has 0 saturated heterocycles. The minimum absolute atomic E-state index is 0.0509. The Bertz CT molecular complexity index is 681. The summed E-state index contributed by atoms with van der Waals surface area (Å²) in [5.74, 6) is 0.162. The predicted molar refractivity (Wildman–Crippen MR) is 97.9 cm³/mol. The number of nitriles is 1. The van der Waals surface area contributed by atoms with Crippen LogP contribution in [0.3, 0.4) is 0 Å². The van der Waals surface area contributed by atoms with Crippen LogP contribution in [0.1, 0.15) is 72.6 Å². The van der Waals surface area contributed by atoms with E-state index in [1.54, 1.807) is 0 Å². The molecule has 4 nitrogen and oxygen atoms in total. The smallest absolute Gasteiger partial charge is 0.155 e. The molecular formula is C22H33NO3. The van der Waals surface area contributed by atoms with Gasteiger partial charge in [0.1, 0.15) is 5.92 Å². The minimum atomic E-state index is -0.993. The first kappa shape index (κ1) is 18.4. The molecule has 4 unspecified atom stereocenters. The molecule has 0 spiro atoms. The molecular weight excluding hydrogens is 326 g/mol. The Morgan fingerprint density at radius 2 is 1.62 bits per heavy atom. The normalized spacial score (nSPS) is 59.1. The Hall–Kier alpha value is -0.920. The van der Waals surface area contributed by atoms with Gasteiger partial charge < -0.3 is 10.2 Å². The van der Waals surface area contributed by atoms with Crippen LogP contribution in [0.25, 0.3) is 0 Å². The Morgan fingerprint density at radius 3 is 2.27 bits per heavy atom. The van der Waals surface area contributed by atoms with Gasteiger partial charge in [-0.3, -0.25) is 4.79 Å². The third-order valence-electron chi connectivity index (χ3n) is 9.94. The summed E-state index contributed by atoms with van der Waals surface area (Å²) in [6.07, 6.45) is 5.92. The lowest BCUT2D eigenvalue weighted by molar-refractivity contribution is -0.230. The number of fused-ring (bicyclic) bond motifs is 5. The summed E-state index contributed by atoms with van der Waals surface area (Å²) in [4.78, 5) is 12.6. The summed E-state index contributed by atoms with van der Waals surface area (Å²) >= 11 is 0. The molecule has 4 aliphatic carbocycles. The van der Waals surface area contributed by atoms with Gasteiger partial charge in [-0.05, 0) is 75.0 Å². The van der Waals surface area contributed by atoms with E-state index in [0.717, 1.165) is 32.1 Å². The minimum Gasteiger partial charge on any atom is -0.390 e. The fourth-order valence-corrected chi connectivity index (χ4v) is 7.93. The molecule has 4 fully saturated rings. The van der Waals surface area contributed by atoms with Gasteiger partial charge in [-0.15, -0.1) is 0 Å². The first-order valence-electron chi connectivity index (χ1n) is 10.4. The van der Waals surface area contributed by atoms with Gasteiger partial charge in [0.2, 0.25) is 0 Å². The Kier molecular flexibility index (Phi) is 3.78. The third kappa shape index (κ3) is 1.94. The van der Waals surface area contributed by atoms with Gasteiger partial charge in [-0.1, -0.05) is 20.8 Å². The highest BCUT2D eigenvalue weighted by atomic mass is 16.3. The Morgan fingerprint density at radius 1 is 1.00 bits per heavy atom. The maximum Gasteiger partial charge on any atom is 0.155 e. The summed E-state index contributed by atoms with van der Waals surface area (Å²) in [7, 11) is 0. The molecule has 9 atom stereocenters. The van der Waals surface area contributed by atoms with Crippen molar-refractivity contribution < 1.29 is 15.0 Å². The highest BCUT2D eigenvalue weighted by Crippen LogP contribution is 2.69. The fourth-order valence-electron chi connectivity index (χ4n) is 7.93. The molecule has 4 rings (SSSR count). The summed E-state index contributed by atoms with van der Waals surface area (Å²) in [6, 6.07) is 2.22. The number of hydrogen-bond donors (Lipinski definition) is 2. The van der Waals surface area contributed by atoms with E-state index in [1.807, 2.05) is 13.8 Å². The van der Waals surface area contributed by atoms with E-state index in [1.165, 1.54) is 0 Å². The summed E-state index contributed by atoms with van der Waals surface area (Å²) < 4.78 is 0. The van der Waals surface area contributed by atoms with Gasteiger partial charge in [0.25, 0.3) is 0 Å². The van der Waals surface area contributed by atoms with Crippen molar-refractivity contribution in [2.75, 3.05) is 0 Å². The van der Waals surface area contributed by atoms with Crippen LogP contribution in [0.5, 0.6) is 0 Å². The maximum absolute atomic E-state index is 12.6. The summed E-state index contributed by atoms with van der Waals surface area (Å²) in [5, 5.41) is 32.2. The first-order chi connectivity index (χ1) is 12.0. The van der Waals surface area contributed by atoms with Crippen LogP contribution >= 0.6 is 0 Å². The lowest BCUT2D eigenvalue weighted by Crippen LogP contribution is -2.67. The van der Waals surface area contributed by atoms with E-state index in [9.17, 15) is 20.3 Å². The second kappa shape index (κ2) is 5.32. The van der Waals surface area contributed by atoms with Crippen LogP contribution in [0.15, 0.2) is 0 Å². The third-order valence-corrected chi connectivity index (χ3v) is 9.94. The molecule has 0 amide bonds. The van der Waals surface area contributed by atoms with E-state index in [4.69, 9.17) is 0 Å². The fraction of sp³-hybridized carbons (Fsp3) is 0.909. The summed E-state index contributed by atoms with van der Waals surface area (Å²) in [6.45, 7) is 8.24. The standard InChI is InChI=1S/C22H33NO3/c1-13-18(24)14(12-23)11-20(3)17-6-8-19(2)16(7-9-21(19,4)25)15(17)5-10-22(13,20)26/h13-17,25-26H,5-11H2,1-4H3/t13?,14?,15-,16-,17+,19-,20+,21?,22?/m0/s1. The van der Waals surface area contributed by atoms with Crippen LogP contribution < -0.4 is 0 Å². The average molecular weight is 360 g/mol. The van der Waals surface area contributed by atoms with Gasteiger partial charge in [-0.2, -0.15) is 5.26 Å². The quantitative estimate of drug-likeness (QED) is 0.694. The van der Waals surface area contributed by atoms with Gasteiger partial charge in [0.05, 0.1) is 17.3 Å². The van der Waals surface area contributed by atoms with Crippen molar-refractivity contribution in [1.29, 1.82) is 5.26 Å². The number of nitrogens with zero attached hydrogens (tertiary/aromatic N) is 1. The van der Waals surface area contributed by atoms with Gasteiger partial charge >= 0.3 is 0 Å². The van der Waals surface area contributed by atoms with Crippen LogP contribution in [-0.4, -0.2) is 27.2 Å². The molecule has 144 valence electrons. The second-order valence-electron chi connectivity index (χ2n) is 10.5. The van der Waals surface area contributed by atoms with Crippen LogP contribution in [-0.2, 0) is 4.79 Å². The number of ketones is 1. The van der Waals surface area contributed by atoms with Gasteiger partial charge in [0.15, 0.2) is 5.78 Å². The van der Waals surface area contributed by atoms with Crippen molar-refractivity contribution in [1.82, 2.24) is 0 Å². The van der Waals surface area contributed by atoms with Crippen molar-refractivity contribution in [2.45, 2.75) is 83.8 Å². The zero-order chi connectivity index (χ0) is 19.1. The molecule has 4 heteroatoms. The maximum atomic E-state index is 12.6. The largest absolute Gasteiger partial charge is 0.390 e. The topological polar surface area (TPSA) is 81.3 Å². The number of carbonyl (C=O) groups excluding carboxylic acids is 1. The van der Waals surface area contributed by atoms with Gasteiger partial charge in [-0.25, -0.2) is 0 Å². The lowest BCUT2D eigenvalue weighted by Gasteiger charge is -2.65. The Balaban J connectivity index is 1.74. The van der Waals surface area contributed by atoms with Crippen LogP contribution in [0, 0.1) is 51.8 Å². The van der Waals surface area contributed by atoms with E-state index in [2.05, 4.69) is 19.9 Å². The van der Waals surface area contributed by atoms with Crippen molar-refractivity contribution in [3.8, 4) is 6.07 Å². The molecule has 2 N–H and O–H groups in total. The SMILES string of the molecule is CC1C(=O)C(C#N)C[C@]2(C)[C@@H]3CC[C@@]4(C)[C@@H](CCC4(C)O)[C@@H]3CCC12O. The van der Waals surface area contributed by atoms with Crippen molar-refractivity contribution in [2.24, 2.45) is 40.4 Å². The monoisotopic (exact) mass is 359 g/mol. The molecule has 0 aliphatic heterocycles. The molecule has 0 bridgehead atoms. The molecule has 4 aliphatic rings. The van der Waals surface area contributed by atoms with Crippen LogP contribution in [0.4, 0.5) is 0 Å². The lowest BCUT2D eigenvalue weighted by atomic mass is 9.41. The van der Waals surface area contributed by atoms with Crippen LogP contribution in [0.2, 0.25) is 0 Å². The van der Waals surface area contributed by atoms with Crippen molar-refractivity contribution in [3.05, 3.63) is 0 Å². The Labute approximate surface area is 157 Å². The molecule has 0 aromatic rings. The van der Waals surface area contributed by atoms with E-state index in [-0.39, 0.29) is 16.6 Å². The molecule has 0 heterocycles. The second-order valence-corrected chi connectivity index (χ2v) is 10.5. The highest BCUT2D eigenvalue weighted by molar-refractivity contribution is 5.87. The van der Waals surface area contributed by atoms with E-state index >= 15 is 0 Å². The molecule has 0 aromatic carbocycles.